The number of carbonyl (C=O) groups is 2. The van der Waals surface area contributed by atoms with Gasteiger partial charge < -0.3 is 14.8 Å². The van der Waals surface area contributed by atoms with Crippen molar-refractivity contribution in [1.29, 1.82) is 0 Å². The van der Waals surface area contributed by atoms with Crippen LogP contribution in [-0.4, -0.2) is 29.4 Å². The van der Waals surface area contributed by atoms with Crippen molar-refractivity contribution in [2.75, 3.05) is 0 Å². The molecule has 0 aromatic heterocycles. The van der Waals surface area contributed by atoms with E-state index in [0.29, 0.717) is 6.29 Å². The molecular weight excluding hydrogens is 206 g/mol. The van der Waals surface area contributed by atoms with Crippen molar-refractivity contribution < 1.29 is 14.3 Å². The van der Waals surface area contributed by atoms with E-state index in [4.69, 9.17) is 16.3 Å². The van der Waals surface area contributed by atoms with Gasteiger partial charge in [-0.3, -0.25) is 0 Å². The average Bonchev–Trinajstić information content (AvgIpc) is 1.99. The first-order valence-corrected chi connectivity index (χ1v) is 4.79. The lowest BCUT2D eigenvalue weighted by atomic mass is 10.2. The first-order chi connectivity index (χ1) is 6.26. The normalized spacial score (nSPS) is 15.5. The zero-order chi connectivity index (χ0) is 11.4. The summed E-state index contributed by atoms with van der Waals surface area (Å²) in [5.41, 5.74) is -0.549. The molecule has 1 unspecified atom stereocenters. The zero-order valence-corrected chi connectivity index (χ0v) is 9.59. The number of aldehydes is 1. The Kier molecular flexibility index (Phi) is 4.91. The minimum atomic E-state index is -0.734. The molecule has 82 valence electrons. The van der Waals surface area contributed by atoms with Crippen LogP contribution in [-0.2, 0) is 9.53 Å². The third-order valence-corrected chi connectivity index (χ3v) is 1.83. The molecule has 1 amide bonds. The monoisotopic (exact) mass is 221 g/mol. The van der Waals surface area contributed by atoms with E-state index < -0.39 is 23.1 Å². The highest BCUT2D eigenvalue weighted by atomic mass is 35.5. The van der Waals surface area contributed by atoms with Gasteiger partial charge in [0.1, 0.15) is 17.3 Å². The van der Waals surface area contributed by atoms with Gasteiger partial charge in [0.2, 0.25) is 0 Å². The van der Waals surface area contributed by atoms with Gasteiger partial charge in [-0.2, -0.15) is 0 Å². The Bertz CT molecular complexity index is 213. The van der Waals surface area contributed by atoms with Crippen molar-refractivity contribution in [3.05, 3.63) is 0 Å². The molecule has 0 heterocycles. The highest BCUT2D eigenvalue weighted by Gasteiger charge is 2.20. The molecule has 0 bridgehead atoms. The van der Waals surface area contributed by atoms with Crippen LogP contribution in [0.3, 0.4) is 0 Å². The number of rotatable bonds is 3. The first-order valence-electron chi connectivity index (χ1n) is 4.35. The van der Waals surface area contributed by atoms with E-state index in [9.17, 15) is 9.59 Å². The van der Waals surface area contributed by atoms with Gasteiger partial charge in [0, 0.05) is 0 Å². The molecule has 0 fully saturated rings. The summed E-state index contributed by atoms with van der Waals surface area (Å²) in [5, 5.41) is 1.73. The Hall–Kier alpha value is -0.770. The topological polar surface area (TPSA) is 55.4 Å². The Morgan fingerprint density at radius 2 is 2.00 bits per heavy atom. The maximum Gasteiger partial charge on any atom is 0.407 e. The van der Waals surface area contributed by atoms with Crippen LogP contribution >= 0.6 is 11.6 Å². The van der Waals surface area contributed by atoms with Crippen molar-refractivity contribution in [3.63, 3.8) is 0 Å². The first kappa shape index (κ1) is 13.2. The lowest BCUT2D eigenvalue weighted by Crippen LogP contribution is -2.42. The van der Waals surface area contributed by atoms with Gasteiger partial charge in [-0.1, -0.05) is 0 Å². The number of amides is 1. The van der Waals surface area contributed by atoms with E-state index in [1.54, 1.807) is 27.7 Å². The summed E-state index contributed by atoms with van der Waals surface area (Å²) in [7, 11) is 0. The molecule has 2 atom stereocenters. The lowest BCUT2D eigenvalue weighted by molar-refractivity contribution is -0.107. The van der Waals surface area contributed by atoms with Gasteiger partial charge in [-0.05, 0) is 27.7 Å². The fraction of sp³-hybridized carbons (Fsp3) is 0.778. The minimum absolute atomic E-state index is 0.441. The highest BCUT2D eigenvalue weighted by molar-refractivity contribution is 6.28. The quantitative estimate of drug-likeness (QED) is 0.583. The summed E-state index contributed by atoms with van der Waals surface area (Å²) in [6.45, 7) is 6.91. The summed E-state index contributed by atoms with van der Waals surface area (Å²) in [6.07, 6.45) is 0.00125. The molecule has 0 radical (unpaired) electrons. The number of nitrogens with one attached hydrogen (secondary N) is 1. The Labute approximate surface area is 88.9 Å². The summed E-state index contributed by atoms with van der Waals surface area (Å²) in [5.74, 6) is 0. The van der Waals surface area contributed by atoms with Crippen LogP contribution in [0.1, 0.15) is 27.7 Å². The average molecular weight is 222 g/mol. The zero-order valence-electron chi connectivity index (χ0n) is 8.83. The Balaban J connectivity index is 4.01. The summed E-state index contributed by atoms with van der Waals surface area (Å²) < 4.78 is 4.98. The fourth-order valence-electron chi connectivity index (χ4n) is 0.691. The lowest BCUT2D eigenvalue weighted by Gasteiger charge is -2.22. The van der Waals surface area contributed by atoms with Crippen LogP contribution < -0.4 is 5.32 Å². The third kappa shape index (κ3) is 5.80. The smallest absolute Gasteiger partial charge is 0.407 e. The van der Waals surface area contributed by atoms with Crippen LogP contribution in [0.2, 0.25) is 0 Å². The van der Waals surface area contributed by atoms with Crippen LogP contribution in [0, 0.1) is 0 Å². The molecule has 14 heavy (non-hydrogen) atoms. The maximum absolute atomic E-state index is 11.2. The molecule has 0 aliphatic carbocycles. The van der Waals surface area contributed by atoms with Crippen molar-refractivity contribution in [3.8, 4) is 0 Å². The Morgan fingerprint density at radius 1 is 1.50 bits per heavy atom. The number of hydrogen-bond donors (Lipinski definition) is 1. The van der Waals surface area contributed by atoms with Crippen molar-refractivity contribution in [1.82, 2.24) is 5.32 Å². The molecule has 0 aromatic carbocycles. The second-order valence-electron chi connectivity index (χ2n) is 4.02. The molecule has 0 spiro atoms. The largest absolute Gasteiger partial charge is 0.444 e. The molecule has 5 heteroatoms. The van der Waals surface area contributed by atoms with Gasteiger partial charge in [-0.25, -0.2) is 4.79 Å². The van der Waals surface area contributed by atoms with Gasteiger partial charge in [-0.15, -0.1) is 11.6 Å². The van der Waals surface area contributed by atoms with Crippen LogP contribution in [0.4, 0.5) is 4.79 Å². The number of hydrogen-bond acceptors (Lipinski definition) is 3. The number of carbonyl (C=O) groups excluding carboxylic acids is 2. The van der Waals surface area contributed by atoms with Gasteiger partial charge in [0.25, 0.3) is 0 Å². The van der Waals surface area contributed by atoms with E-state index in [0.717, 1.165) is 0 Å². The molecule has 0 aliphatic heterocycles. The van der Waals surface area contributed by atoms with E-state index in [1.807, 2.05) is 0 Å². The van der Waals surface area contributed by atoms with Crippen LogP contribution in [0.25, 0.3) is 0 Å². The second kappa shape index (κ2) is 5.20. The van der Waals surface area contributed by atoms with E-state index in [2.05, 4.69) is 5.32 Å². The summed E-state index contributed by atoms with van der Waals surface area (Å²) >= 11 is 5.59. The molecular formula is C9H16ClNO3. The van der Waals surface area contributed by atoms with E-state index in [1.165, 1.54) is 0 Å². The number of alkyl carbamates (subject to hydrolysis) is 1. The molecule has 0 rings (SSSR count). The molecule has 1 N–H and O–H groups in total. The van der Waals surface area contributed by atoms with Crippen molar-refractivity contribution >= 4 is 24.0 Å². The molecule has 0 saturated carbocycles. The number of ether oxygens (including phenoxy) is 1. The van der Waals surface area contributed by atoms with Gasteiger partial charge >= 0.3 is 6.09 Å². The fourth-order valence-corrected chi connectivity index (χ4v) is 0.754. The van der Waals surface area contributed by atoms with Crippen LogP contribution in [0.15, 0.2) is 0 Å². The summed E-state index contributed by atoms with van der Waals surface area (Å²) in [6, 6.07) is -0.441. The summed E-state index contributed by atoms with van der Waals surface area (Å²) in [4.78, 5) is 21.5. The molecule has 0 aliphatic rings. The SMILES string of the molecule is C[C@@H](NC(=O)OC(C)(C)C)C(Cl)C=O. The molecule has 0 saturated heterocycles. The van der Waals surface area contributed by atoms with Gasteiger partial charge in [0.05, 0.1) is 6.04 Å². The van der Waals surface area contributed by atoms with Gasteiger partial charge in [0.15, 0.2) is 0 Å². The number of alkyl halides is 1. The van der Waals surface area contributed by atoms with E-state index in [-0.39, 0.29) is 0 Å². The molecule has 4 nitrogen and oxygen atoms in total. The van der Waals surface area contributed by atoms with Crippen molar-refractivity contribution in [2.24, 2.45) is 0 Å². The standard InChI is InChI=1S/C9H16ClNO3/c1-6(7(10)5-12)11-8(13)14-9(2,3)4/h5-7H,1-4H3,(H,11,13)/t6-,7?/m1/s1. The van der Waals surface area contributed by atoms with Crippen molar-refractivity contribution in [2.45, 2.75) is 44.7 Å². The minimum Gasteiger partial charge on any atom is -0.444 e. The predicted molar refractivity (Wildman–Crippen MR) is 54.5 cm³/mol. The second-order valence-corrected chi connectivity index (χ2v) is 4.52. The van der Waals surface area contributed by atoms with E-state index >= 15 is 0 Å². The highest BCUT2D eigenvalue weighted by Crippen LogP contribution is 2.07. The van der Waals surface area contributed by atoms with Crippen LogP contribution in [0.5, 0.6) is 0 Å². The number of halogens is 1. The third-order valence-electron chi connectivity index (χ3n) is 1.35. The Morgan fingerprint density at radius 3 is 2.36 bits per heavy atom. The predicted octanol–water partition coefficient (Wildman–Crippen LogP) is 1.71. The maximum atomic E-state index is 11.2. The molecule has 0 aromatic rings.